The second-order valence-corrected chi connectivity index (χ2v) is 5.77. The summed E-state index contributed by atoms with van der Waals surface area (Å²) < 4.78 is 0. The molecule has 98 valence electrons. The fraction of sp³-hybridized carbons (Fsp3) is 0.571. The third-order valence-corrected chi connectivity index (χ3v) is 4.05. The van der Waals surface area contributed by atoms with Crippen LogP contribution in [-0.2, 0) is 6.42 Å². The molecule has 0 saturated carbocycles. The molecule has 0 aliphatic rings. The van der Waals surface area contributed by atoms with Gasteiger partial charge in [0, 0.05) is 13.1 Å². The minimum atomic E-state index is 0.660. The van der Waals surface area contributed by atoms with Crippen molar-refractivity contribution in [1.29, 1.82) is 0 Å². The van der Waals surface area contributed by atoms with E-state index in [1.54, 1.807) is 17.7 Å². The zero-order valence-electron chi connectivity index (χ0n) is 11.6. The van der Waals surface area contributed by atoms with Crippen molar-refractivity contribution >= 4 is 27.4 Å². The van der Waals surface area contributed by atoms with Crippen LogP contribution in [0.3, 0.4) is 0 Å². The van der Waals surface area contributed by atoms with Gasteiger partial charge in [0.15, 0.2) is 0 Å². The minimum Gasteiger partial charge on any atom is -0.357 e. The number of hydrogen-bond acceptors (Lipinski definition) is 4. The summed E-state index contributed by atoms with van der Waals surface area (Å²) >= 11 is 1.73. The molecule has 0 aliphatic heterocycles. The van der Waals surface area contributed by atoms with Crippen molar-refractivity contribution in [3.63, 3.8) is 0 Å². The molecule has 0 radical (unpaired) electrons. The van der Waals surface area contributed by atoms with Gasteiger partial charge in [0.1, 0.15) is 17.0 Å². The molecule has 0 saturated heterocycles. The fourth-order valence-corrected chi connectivity index (χ4v) is 3.19. The van der Waals surface area contributed by atoms with E-state index in [0.29, 0.717) is 5.92 Å². The van der Waals surface area contributed by atoms with E-state index < -0.39 is 0 Å². The zero-order valence-corrected chi connectivity index (χ0v) is 12.4. The molecule has 0 spiro atoms. The molecule has 18 heavy (non-hydrogen) atoms. The zero-order chi connectivity index (χ0) is 13.1. The maximum Gasteiger partial charge on any atom is 0.141 e. The van der Waals surface area contributed by atoms with Crippen molar-refractivity contribution in [3.8, 4) is 0 Å². The number of nitrogens with zero attached hydrogens (tertiary/aromatic N) is 3. The van der Waals surface area contributed by atoms with Gasteiger partial charge in [0.05, 0.1) is 5.39 Å². The van der Waals surface area contributed by atoms with Crippen molar-refractivity contribution in [2.75, 3.05) is 18.0 Å². The molecule has 0 bridgehead atoms. The Kier molecular flexibility index (Phi) is 4.17. The molecular weight excluding hydrogens is 242 g/mol. The van der Waals surface area contributed by atoms with Gasteiger partial charge in [-0.25, -0.2) is 9.97 Å². The molecule has 0 unspecified atom stereocenters. The Hall–Kier alpha value is -1.16. The lowest BCUT2D eigenvalue weighted by molar-refractivity contribution is 0.651. The average Bonchev–Trinajstić information content (AvgIpc) is 2.74. The predicted octanol–water partition coefficient (Wildman–Crippen LogP) is 3.74. The first kappa shape index (κ1) is 13.3. The molecule has 4 heteroatoms. The standard InChI is InChI=1S/C14H21N3S/c1-5-17(6-2)13-12-11(7-10(3)4)8-18-14(12)16-9-15-13/h8-10H,5-7H2,1-4H3. The number of hydrogen-bond donors (Lipinski definition) is 0. The van der Waals surface area contributed by atoms with Crippen LogP contribution in [0.2, 0.25) is 0 Å². The number of anilines is 1. The van der Waals surface area contributed by atoms with E-state index in [2.05, 4.69) is 47.9 Å². The Morgan fingerprint density at radius 3 is 2.56 bits per heavy atom. The first-order chi connectivity index (χ1) is 8.67. The Labute approximate surface area is 113 Å². The van der Waals surface area contributed by atoms with Gasteiger partial charge in [0.2, 0.25) is 0 Å². The van der Waals surface area contributed by atoms with Crippen LogP contribution in [0.25, 0.3) is 10.2 Å². The quantitative estimate of drug-likeness (QED) is 0.823. The maximum absolute atomic E-state index is 4.51. The number of rotatable bonds is 5. The summed E-state index contributed by atoms with van der Waals surface area (Å²) in [6.07, 6.45) is 2.79. The van der Waals surface area contributed by atoms with Gasteiger partial charge < -0.3 is 4.90 Å². The number of fused-ring (bicyclic) bond motifs is 1. The van der Waals surface area contributed by atoms with Gasteiger partial charge in [-0.15, -0.1) is 11.3 Å². The lowest BCUT2D eigenvalue weighted by Crippen LogP contribution is -2.23. The molecule has 0 amide bonds. The van der Waals surface area contributed by atoms with Crippen LogP contribution in [0.4, 0.5) is 5.82 Å². The van der Waals surface area contributed by atoms with E-state index in [9.17, 15) is 0 Å². The third kappa shape index (κ3) is 2.48. The van der Waals surface area contributed by atoms with E-state index >= 15 is 0 Å². The van der Waals surface area contributed by atoms with Crippen LogP contribution < -0.4 is 4.90 Å². The van der Waals surface area contributed by atoms with Gasteiger partial charge >= 0.3 is 0 Å². The second-order valence-electron chi connectivity index (χ2n) is 4.91. The van der Waals surface area contributed by atoms with Crippen LogP contribution in [0.5, 0.6) is 0 Å². The van der Waals surface area contributed by atoms with E-state index in [0.717, 1.165) is 30.2 Å². The monoisotopic (exact) mass is 263 g/mol. The molecule has 2 heterocycles. The van der Waals surface area contributed by atoms with E-state index in [4.69, 9.17) is 0 Å². The van der Waals surface area contributed by atoms with Gasteiger partial charge in [-0.2, -0.15) is 0 Å². The molecule has 2 aromatic heterocycles. The average molecular weight is 263 g/mol. The van der Waals surface area contributed by atoms with Crippen LogP contribution in [0.15, 0.2) is 11.7 Å². The molecule has 0 fully saturated rings. The Balaban J connectivity index is 2.54. The normalized spacial score (nSPS) is 11.4. The summed E-state index contributed by atoms with van der Waals surface area (Å²) in [5.74, 6) is 1.76. The first-order valence-corrected chi connectivity index (χ1v) is 7.51. The Morgan fingerprint density at radius 1 is 1.22 bits per heavy atom. The highest BCUT2D eigenvalue weighted by Gasteiger charge is 2.15. The SMILES string of the molecule is CCN(CC)c1ncnc2scc(CC(C)C)c12. The molecule has 2 aromatic rings. The third-order valence-electron chi connectivity index (χ3n) is 3.12. The highest BCUT2D eigenvalue weighted by Crippen LogP contribution is 2.32. The maximum atomic E-state index is 4.51. The number of aromatic nitrogens is 2. The van der Waals surface area contributed by atoms with Crippen molar-refractivity contribution < 1.29 is 0 Å². The summed E-state index contributed by atoms with van der Waals surface area (Å²) in [5, 5.41) is 3.51. The molecule has 0 N–H and O–H groups in total. The van der Waals surface area contributed by atoms with Gasteiger partial charge in [-0.3, -0.25) is 0 Å². The van der Waals surface area contributed by atoms with E-state index in [-0.39, 0.29) is 0 Å². The summed E-state index contributed by atoms with van der Waals surface area (Å²) in [6, 6.07) is 0. The van der Waals surface area contributed by atoms with Gasteiger partial charge in [-0.1, -0.05) is 13.8 Å². The molecule has 3 nitrogen and oxygen atoms in total. The number of thiophene rings is 1. The highest BCUT2D eigenvalue weighted by atomic mass is 32.1. The van der Waals surface area contributed by atoms with Crippen LogP contribution in [0.1, 0.15) is 33.3 Å². The Morgan fingerprint density at radius 2 is 1.94 bits per heavy atom. The lowest BCUT2D eigenvalue weighted by atomic mass is 10.0. The van der Waals surface area contributed by atoms with Crippen molar-refractivity contribution in [2.45, 2.75) is 34.1 Å². The van der Waals surface area contributed by atoms with Crippen LogP contribution in [0, 0.1) is 5.92 Å². The van der Waals surface area contributed by atoms with Gasteiger partial charge in [-0.05, 0) is 37.1 Å². The molecule has 0 aliphatic carbocycles. The molecule has 2 rings (SSSR count). The van der Waals surface area contributed by atoms with Crippen molar-refractivity contribution in [3.05, 3.63) is 17.3 Å². The first-order valence-electron chi connectivity index (χ1n) is 6.63. The summed E-state index contributed by atoms with van der Waals surface area (Å²) in [4.78, 5) is 12.3. The Bertz CT molecular complexity index is 515. The highest BCUT2D eigenvalue weighted by molar-refractivity contribution is 7.17. The topological polar surface area (TPSA) is 29.0 Å². The fourth-order valence-electron chi connectivity index (χ4n) is 2.27. The molecular formula is C14H21N3S. The van der Waals surface area contributed by atoms with E-state index in [1.807, 2.05) is 0 Å². The minimum absolute atomic E-state index is 0.660. The van der Waals surface area contributed by atoms with Crippen LogP contribution in [-0.4, -0.2) is 23.1 Å². The second kappa shape index (κ2) is 5.65. The smallest absolute Gasteiger partial charge is 0.141 e. The predicted molar refractivity (Wildman–Crippen MR) is 79.5 cm³/mol. The van der Waals surface area contributed by atoms with Gasteiger partial charge in [0.25, 0.3) is 0 Å². The van der Waals surface area contributed by atoms with Crippen molar-refractivity contribution in [1.82, 2.24) is 9.97 Å². The lowest BCUT2D eigenvalue weighted by Gasteiger charge is -2.21. The molecule has 0 atom stereocenters. The van der Waals surface area contributed by atoms with E-state index in [1.165, 1.54) is 10.9 Å². The molecule has 0 aromatic carbocycles. The summed E-state index contributed by atoms with van der Waals surface area (Å²) in [7, 11) is 0. The largest absolute Gasteiger partial charge is 0.357 e. The van der Waals surface area contributed by atoms with Crippen LogP contribution >= 0.6 is 11.3 Å². The summed E-state index contributed by atoms with van der Waals surface area (Å²) in [6.45, 7) is 10.8. The summed E-state index contributed by atoms with van der Waals surface area (Å²) in [5.41, 5.74) is 1.40. The van der Waals surface area contributed by atoms with Crippen molar-refractivity contribution in [2.24, 2.45) is 5.92 Å².